The molecule has 1 aromatic rings. The van der Waals surface area contributed by atoms with Crippen molar-refractivity contribution in [1.29, 1.82) is 0 Å². The van der Waals surface area contributed by atoms with Gasteiger partial charge in [-0.3, -0.25) is 9.59 Å². The molecule has 2 N–H and O–H groups in total. The largest absolute Gasteiger partial charge is 0.481 e. The van der Waals surface area contributed by atoms with Gasteiger partial charge in [-0.15, -0.1) is 0 Å². The molecule has 6 nitrogen and oxygen atoms in total. The van der Waals surface area contributed by atoms with Gasteiger partial charge in [-0.1, -0.05) is 12.1 Å². The highest BCUT2D eigenvalue weighted by atomic mass is 32.2. The molecule has 1 rings (SSSR count). The number of hydrogen-bond acceptors (Lipinski definition) is 4. The van der Waals surface area contributed by atoms with Crippen LogP contribution in [0.15, 0.2) is 29.2 Å². The molecular weight excluding hydrogens is 270 g/mol. The van der Waals surface area contributed by atoms with E-state index in [9.17, 15) is 18.0 Å². The number of sulfone groups is 1. The predicted molar refractivity (Wildman–Crippen MR) is 68.3 cm³/mol. The number of nitrogens with one attached hydrogen (secondary N) is 1. The minimum absolute atomic E-state index is 0.0727. The summed E-state index contributed by atoms with van der Waals surface area (Å²) in [5, 5.41) is 11.0. The van der Waals surface area contributed by atoms with E-state index in [4.69, 9.17) is 5.11 Å². The summed E-state index contributed by atoms with van der Waals surface area (Å²) < 4.78 is 22.5. The van der Waals surface area contributed by atoms with Gasteiger partial charge in [0.2, 0.25) is 5.91 Å². The van der Waals surface area contributed by atoms with Gasteiger partial charge in [0.15, 0.2) is 9.84 Å². The lowest BCUT2D eigenvalue weighted by molar-refractivity contribution is -0.138. The van der Waals surface area contributed by atoms with E-state index in [1.165, 1.54) is 12.1 Å². The van der Waals surface area contributed by atoms with Crippen LogP contribution in [0.3, 0.4) is 0 Å². The fourth-order valence-corrected chi connectivity index (χ4v) is 1.99. The van der Waals surface area contributed by atoms with Gasteiger partial charge in [0.1, 0.15) is 0 Å². The molecule has 0 saturated carbocycles. The molecule has 0 aliphatic heterocycles. The molecule has 19 heavy (non-hydrogen) atoms. The molecule has 0 unspecified atom stereocenters. The maximum atomic E-state index is 11.3. The fraction of sp³-hybridized carbons (Fsp3) is 0.333. The van der Waals surface area contributed by atoms with Crippen LogP contribution in [0, 0.1) is 0 Å². The number of hydrogen-bond donors (Lipinski definition) is 2. The Labute approximate surface area is 111 Å². The van der Waals surface area contributed by atoms with Crippen molar-refractivity contribution in [2.24, 2.45) is 0 Å². The lowest BCUT2D eigenvalue weighted by Crippen LogP contribution is -2.23. The second-order valence-corrected chi connectivity index (χ2v) is 6.10. The maximum Gasteiger partial charge on any atom is 0.303 e. The monoisotopic (exact) mass is 285 g/mol. The van der Waals surface area contributed by atoms with E-state index in [1.54, 1.807) is 12.1 Å². The number of carbonyl (C=O) groups excluding carboxylic acids is 1. The SMILES string of the molecule is CS(=O)(=O)c1ccc(CNC(=O)CCC(=O)O)cc1. The normalized spacial score (nSPS) is 11.0. The first-order chi connectivity index (χ1) is 8.79. The Morgan fingerprint density at radius 3 is 2.21 bits per heavy atom. The van der Waals surface area contributed by atoms with Crippen LogP contribution in [0.1, 0.15) is 18.4 Å². The van der Waals surface area contributed by atoms with E-state index in [-0.39, 0.29) is 30.2 Å². The Kier molecular flexibility index (Phi) is 5.05. The van der Waals surface area contributed by atoms with Gasteiger partial charge in [0.25, 0.3) is 0 Å². The first-order valence-corrected chi connectivity index (χ1v) is 7.45. The Balaban J connectivity index is 2.51. The van der Waals surface area contributed by atoms with Crippen LogP contribution >= 0.6 is 0 Å². The summed E-state index contributed by atoms with van der Waals surface area (Å²) in [6.45, 7) is 0.239. The van der Waals surface area contributed by atoms with E-state index in [0.29, 0.717) is 0 Å². The predicted octanol–water partition coefficient (Wildman–Crippen LogP) is 0.571. The lowest BCUT2D eigenvalue weighted by Gasteiger charge is -2.05. The number of rotatable bonds is 6. The molecule has 0 heterocycles. The second-order valence-electron chi connectivity index (χ2n) is 4.09. The van der Waals surface area contributed by atoms with Gasteiger partial charge >= 0.3 is 5.97 Å². The van der Waals surface area contributed by atoms with Crippen molar-refractivity contribution in [1.82, 2.24) is 5.32 Å². The quantitative estimate of drug-likeness (QED) is 0.796. The van der Waals surface area contributed by atoms with Crippen molar-refractivity contribution in [3.8, 4) is 0 Å². The molecule has 0 aromatic heterocycles. The van der Waals surface area contributed by atoms with Gasteiger partial charge < -0.3 is 10.4 Å². The smallest absolute Gasteiger partial charge is 0.303 e. The van der Waals surface area contributed by atoms with Gasteiger partial charge in [-0.25, -0.2) is 8.42 Å². The third-order valence-electron chi connectivity index (χ3n) is 2.41. The van der Waals surface area contributed by atoms with Crippen LogP contribution < -0.4 is 5.32 Å². The molecule has 1 aromatic carbocycles. The molecule has 0 spiro atoms. The van der Waals surface area contributed by atoms with E-state index in [1.807, 2.05) is 0 Å². The molecule has 0 aliphatic carbocycles. The third kappa shape index (κ3) is 5.52. The molecule has 1 amide bonds. The highest BCUT2D eigenvalue weighted by Crippen LogP contribution is 2.10. The molecule has 0 bridgehead atoms. The van der Waals surface area contributed by atoms with Crippen molar-refractivity contribution in [2.45, 2.75) is 24.3 Å². The summed E-state index contributed by atoms with van der Waals surface area (Å²) in [6, 6.07) is 6.14. The van der Waals surface area contributed by atoms with Crippen LogP contribution in [-0.2, 0) is 26.0 Å². The molecule has 0 radical (unpaired) electrons. The van der Waals surface area contributed by atoms with Crippen LogP contribution in [0.2, 0.25) is 0 Å². The fourth-order valence-electron chi connectivity index (χ4n) is 1.36. The van der Waals surface area contributed by atoms with Crippen molar-refractivity contribution in [2.75, 3.05) is 6.26 Å². The van der Waals surface area contributed by atoms with E-state index < -0.39 is 15.8 Å². The Morgan fingerprint density at radius 1 is 1.16 bits per heavy atom. The van der Waals surface area contributed by atoms with E-state index >= 15 is 0 Å². The number of amides is 1. The summed E-state index contributed by atoms with van der Waals surface area (Å²) in [6.07, 6.45) is 0.839. The molecule has 104 valence electrons. The van der Waals surface area contributed by atoms with Crippen molar-refractivity contribution in [3.05, 3.63) is 29.8 Å². The average molecular weight is 285 g/mol. The number of carboxylic acid groups (broad SMARTS) is 1. The van der Waals surface area contributed by atoms with Gasteiger partial charge in [-0.05, 0) is 17.7 Å². The summed E-state index contributed by atoms with van der Waals surface area (Å²) in [7, 11) is -3.22. The minimum atomic E-state index is -3.22. The van der Waals surface area contributed by atoms with E-state index in [0.717, 1.165) is 11.8 Å². The molecule has 0 fully saturated rings. The summed E-state index contributed by atoms with van der Waals surface area (Å²) in [5.41, 5.74) is 0.746. The van der Waals surface area contributed by atoms with E-state index in [2.05, 4.69) is 5.32 Å². The van der Waals surface area contributed by atoms with Crippen LogP contribution in [0.5, 0.6) is 0 Å². The Bertz CT molecular complexity index is 562. The lowest BCUT2D eigenvalue weighted by atomic mass is 10.2. The van der Waals surface area contributed by atoms with Gasteiger partial charge in [0, 0.05) is 19.2 Å². The van der Waals surface area contributed by atoms with Crippen LogP contribution in [-0.4, -0.2) is 31.7 Å². The minimum Gasteiger partial charge on any atom is -0.481 e. The average Bonchev–Trinajstić information content (AvgIpc) is 2.33. The zero-order chi connectivity index (χ0) is 14.5. The first-order valence-electron chi connectivity index (χ1n) is 5.56. The summed E-state index contributed by atoms with van der Waals surface area (Å²) >= 11 is 0. The zero-order valence-electron chi connectivity index (χ0n) is 10.4. The zero-order valence-corrected chi connectivity index (χ0v) is 11.2. The summed E-state index contributed by atoms with van der Waals surface area (Å²) in [5.74, 6) is -1.37. The van der Waals surface area contributed by atoms with Gasteiger partial charge in [-0.2, -0.15) is 0 Å². The molecule has 7 heteroatoms. The van der Waals surface area contributed by atoms with Crippen molar-refractivity contribution < 1.29 is 23.1 Å². The molecule has 0 aliphatic rings. The number of carbonyl (C=O) groups is 2. The Morgan fingerprint density at radius 2 is 1.74 bits per heavy atom. The standard InChI is InChI=1S/C12H15NO5S/c1-19(17,18)10-4-2-9(3-5-10)8-13-11(14)6-7-12(15)16/h2-5H,6-8H2,1H3,(H,13,14)(H,15,16). The summed E-state index contributed by atoms with van der Waals surface area (Å²) in [4.78, 5) is 21.8. The van der Waals surface area contributed by atoms with Gasteiger partial charge in [0.05, 0.1) is 11.3 Å². The molecular formula is C12H15NO5S. The van der Waals surface area contributed by atoms with Crippen LogP contribution in [0.25, 0.3) is 0 Å². The Hall–Kier alpha value is -1.89. The molecule has 0 saturated heterocycles. The molecule has 0 atom stereocenters. The van der Waals surface area contributed by atoms with Crippen molar-refractivity contribution in [3.63, 3.8) is 0 Å². The number of carboxylic acids is 1. The van der Waals surface area contributed by atoms with Crippen molar-refractivity contribution >= 4 is 21.7 Å². The number of benzene rings is 1. The highest BCUT2D eigenvalue weighted by molar-refractivity contribution is 7.90. The highest BCUT2D eigenvalue weighted by Gasteiger charge is 2.07. The number of aliphatic carboxylic acids is 1. The second kappa shape index (κ2) is 6.33. The third-order valence-corrected chi connectivity index (χ3v) is 3.54. The van der Waals surface area contributed by atoms with Crippen LogP contribution in [0.4, 0.5) is 0 Å². The topological polar surface area (TPSA) is 101 Å². The first kappa shape index (κ1) is 15.2. The maximum absolute atomic E-state index is 11.3.